The molecule has 0 fully saturated rings. The van der Waals surface area contributed by atoms with Gasteiger partial charge in [0, 0.05) is 17.8 Å². The molecular weight excluding hydrogens is 372 g/mol. The number of non-ortho nitro benzene ring substituents is 1. The standard InChI is InChI=1S/C19H19ClN2O5/c1-11(2)13-4-6-14(7-5-13)21-18(23)12(3)27-19(24)16-10-15(22(25)26)8-9-17(16)20/h4-12H,1-3H3,(H,21,23)/t12-/m0/s1. The van der Waals surface area contributed by atoms with Gasteiger partial charge in [-0.2, -0.15) is 0 Å². The molecule has 142 valence electrons. The van der Waals surface area contributed by atoms with Gasteiger partial charge in [-0.05, 0) is 36.6 Å². The summed E-state index contributed by atoms with van der Waals surface area (Å²) in [7, 11) is 0. The molecular formula is C19H19ClN2O5. The molecule has 0 radical (unpaired) electrons. The number of ether oxygens (including phenoxy) is 1. The van der Waals surface area contributed by atoms with E-state index >= 15 is 0 Å². The third-order valence-electron chi connectivity index (χ3n) is 3.88. The zero-order valence-electron chi connectivity index (χ0n) is 15.1. The lowest BCUT2D eigenvalue weighted by atomic mass is 10.0. The van der Waals surface area contributed by atoms with Gasteiger partial charge in [-0.15, -0.1) is 0 Å². The van der Waals surface area contributed by atoms with Crippen molar-refractivity contribution in [3.8, 4) is 0 Å². The van der Waals surface area contributed by atoms with E-state index < -0.39 is 22.9 Å². The summed E-state index contributed by atoms with van der Waals surface area (Å²) in [5.74, 6) is -1.07. The van der Waals surface area contributed by atoms with Gasteiger partial charge in [-0.3, -0.25) is 14.9 Å². The van der Waals surface area contributed by atoms with Gasteiger partial charge in [0.25, 0.3) is 11.6 Å². The second-order valence-electron chi connectivity index (χ2n) is 6.23. The van der Waals surface area contributed by atoms with E-state index in [0.717, 1.165) is 11.6 Å². The Kier molecular flexibility index (Phi) is 6.52. The van der Waals surface area contributed by atoms with Crippen molar-refractivity contribution in [2.24, 2.45) is 0 Å². The molecule has 2 aromatic carbocycles. The van der Waals surface area contributed by atoms with E-state index in [9.17, 15) is 19.7 Å². The highest BCUT2D eigenvalue weighted by atomic mass is 35.5. The highest BCUT2D eigenvalue weighted by Crippen LogP contribution is 2.23. The number of nitro benzene ring substituents is 1. The quantitative estimate of drug-likeness (QED) is 0.443. The molecule has 8 heteroatoms. The van der Waals surface area contributed by atoms with Crippen LogP contribution in [-0.2, 0) is 9.53 Å². The van der Waals surface area contributed by atoms with Crippen LogP contribution in [0.3, 0.4) is 0 Å². The van der Waals surface area contributed by atoms with E-state index in [2.05, 4.69) is 19.2 Å². The van der Waals surface area contributed by atoms with Crippen LogP contribution in [-0.4, -0.2) is 22.9 Å². The molecule has 0 saturated carbocycles. The number of nitrogens with one attached hydrogen (secondary N) is 1. The van der Waals surface area contributed by atoms with Crippen molar-refractivity contribution in [2.45, 2.75) is 32.8 Å². The normalized spacial score (nSPS) is 11.7. The molecule has 0 saturated heterocycles. The topological polar surface area (TPSA) is 98.5 Å². The molecule has 2 rings (SSSR count). The number of rotatable bonds is 6. The van der Waals surface area contributed by atoms with Crippen molar-refractivity contribution in [1.82, 2.24) is 0 Å². The van der Waals surface area contributed by atoms with Crippen molar-refractivity contribution in [1.29, 1.82) is 0 Å². The molecule has 0 aliphatic heterocycles. The Hall–Kier alpha value is -2.93. The summed E-state index contributed by atoms with van der Waals surface area (Å²) in [6.45, 7) is 5.53. The van der Waals surface area contributed by atoms with Crippen LogP contribution >= 0.6 is 11.6 Å². The number of anilines is 1. The maximum absolute atomic E-state index is 12.2. The van der Waals surface area contributed by atoms with Crippen LogP contribution in [0.4, 0.5) is 11.4 Å². The van der Waals surface area contributed by atoms with Gasteiger partial charge in [-0.25, -0.2) is 4.79 Å². The molecule has 0 bridgehead atoms. The number of amides is 1. The second-order valence-corrected chi connectivity index (χ2v) is 6.64. The Morgan fingerprint density at radius 3 is 2.30 bits per heavy atom. The van der Waals surface area contributed by atoms with Gasteiger partial charge < -0.3 is 10.1 Å². The third-order valence-corrected chi connectivity index (χ3v) is 4.21. The van der Waals surface area contributed by atoms with Crippen LogP contribution in [0, 0.1) is 10.1 Å². The van der Waals surface area contributed by atoms with E-state index in [1.54, 1.807) is 12.1 Å². The van der Waals surface area contributed by atoms with Gasteiger partial charge in [0.15, 0.2) is 6.10 Å². The lowest BCUT2D eigenvalue weighted by molar-refractivity contribution is -0.384. The largest absolute Gasteiger partial charge is 0.449 e. The molecule has 1 N–H and O–H groups in total. The maximum Gasteiger partial charge on any atom is 0.340 e. The smallest absolute Gasteiger partial charge is 0.340 e. The SMILES string of the molecule is CC(C)c1ccc(NC(=O)[C@H](C)OC(=O)c2cc([N+](=O)[O-])ccc2Cl)cc1. The first-order valence-electron chi connectivity index (χ1n) is 8.24. The van der Waals surface area contributed by atoms with Crippen molar-refractivity contribution in [3.63, 3.8) is 0 Å². The Morgan fingerprint density at radius 1 is 1.11 bits per heavy atom. The lowest BCUT2D eigenvalue weighted by Crippen LogP contribution is -2.30. The number of carbonyl (C=O) groups is 2. The first-order valence-corrected chi connectivity index (χ1v) is 8.62. The highest BCUT2D eigenvalue weighted by molar-refractivity contribution is 6.33. The molecule has 0 aromatic heterocycles. The highest BCUT2D eigenvalue weighted by Gasteiger charge is 2.22. The number of halogens is 1. The number of benzene rings is 2. The molecule has 0 heterocycles. The minimum absolute atomic E-state index is 0.00230. The Bertz CT molecular complexity index is 865. The Labute approximate surface area is 161 Å². The number of carbonyl (C=O) groups excluding carboxylic acids is 2. The first-order chi connectivity index (χ1) is 12.7. The molecule has 7 nitrogen and oxygen atoms in total. The van der Waals surface area contributed by atoms with E-state index in [0.29, 0.717) is 11.6 Å². The van der Waals surface area contributed by atoms with E-state index in [4.69, 9.17) is 16.3 Å². The average Bonchev–Trinajstić information content (AvgIpc) is 2.62. The number of nitrogens with zero attached hydrogens (tertiary/aromatic N) is 1. The van der Waals surface area contributed by atoms with E-state index in [1.807, 2.05) is 12.1 Å². The zero-order chi connectivity index (χ0) is 20.1. The third kappa shape index (κ3) is 5.27. The molecule has 27 heavy (non-hydrogen) atoms. The predicted octanol–water partition coefficient (Wildman–Crippen LogP) is 4.56. The number of nitro groups is 1. The van der Waals surface area contributed by atoms with Gasteiger partial charge in [0.05, 0.1) is 15.5 Å². The monoisotopic (exact) mass is 390 g/mol. The van der Waals surface area contributed by atoms with Crippen LogP contribution in [0.1, 0.15) is 42.6 Å². The molecule has 0 aliphatic rings. The lowest BCUT2D eigenvalue weighted by Gasteiger charge is -2.14. The molecule has 1 amide bonds. The fourth-order valence-electron chi connectivity index (χ4n) is 2.26. The molecule has 2 aromatic rings. The van der Waals surface area contributed by atoms with E-state index in [1.165, 1.54) is 19.1 Å². The summed E-state index contributed by atoms with van der Waals surface area (Å²) in [6, 6.07) is 10.8. The summed E-state index contributed by atoms with van der Waals surface area (Å²) in [4.78, 5) is 34.6. The Morgan fingerprint density at radius 2 is 1.74 bits per heavy atom. The number of esters is 1. The van der Waals surface area contributed by atoms with Gasteiger partial charge in [0.2, 0.25) is 0 Å². The van der Waals surface area contributed by atoms with Crippen LogP contribution in [0.25, 0.3) is 0 Å². The van der Waals surface area contributed by atoms with Gasteiger partial charge >= 0.3 is 5.97 Å². The van der Waals surface area contributed by atoms with E-state index in [-0.39, 0.29) is 16.3 Å². The van der Waals surface area contributed by atoms with Crippen molar-refractivity contribution >= 4 is 34.9 Å². The van der Waals surface area contributed by atoms with Crippen molar-refractivity contribution in [2.75, 3.05) is 5.32 Å². The Balaban J connectivity index is 2.04. The van der Waals surface area contributed by atoms with Crippen LogP contribution in [0.5, 0.6) is 0 Å². The summed E-state index contributed by atoms with van der Waals surface area (Å²) < 4.78 is 5.09. The maximum atomic E-state index is 12.2. The number of hydrogen-bond donors (Lipinski definition) is 1. The number of hydrogen-bond acceptors (Lipinski definition) is 5. The summed E-state index contributed by atoms with van der Waals surface area (Å²) in [5, 5.41) is 13.5. The zero-order valence-corrected chi connectivity index (χ0v) is 15.8. The van der Waals surface area contributed by atoms with Crippen LogP contribution in [0.2, 0.25) is 5.02 Å². The fourth-order valence-corrected chi connectivity index (χ4v) is 2.45. The molecule has 0 aliphatic carbocycles. The molecule has 0 spiro atoms. The second kappa shape index (κ2) is 8.64. The van der Waals surface area contributed by atoms with Crippen molar-refractivity contribution < 1.29 is 19.2 Å². The first kappa shape index (κ1) is 20.4. The minimum Gasteiger partial charge on any atom is -0.449 e. The predicted molar refractivity (Wildman–Crippen MR) is 102 cm³/mol. The summed E-state index contributed by atoms with van der Waals surface area (Å²) in [5.41, 5.74) is 1.23. The fraction of sp³-hybridized carbons (Fsp3) is 0.263. The average molecular weight is 391 g/mol. The minimum atomic E-state index is -1.11. The van der Waals surface area contributed by atoms with Gasteiger partial charge in [-0.1, -0.05) is 37.6 Å². The molecule has 1 atom stereocenters. The van der Waals surface area contributed by atoms with Gasteiger partial charge in [0.1, 0.15) is 0 Å². The summed E-state index contributed by atoms with van der Waals surface area (Å²) in [6.07, 6.45) is -1.11. The van der Waals surface area contributed by atoms with Crippen molar-refractivity contribution in [3.05, 3.63) is 68.7 Å². The molecule has 0 unspecified atom stereocenters. The van der Waals surface area contributed by atoms with Crippen LogP contribution < -0.4 is 5.32 Å². The summed E-state index contributed by atoms with van der Waals surface area (Å²) >= 11 is 5.90. The van der Waals surface area contributed by atoms with Crippen LogP contribution in [0.15, 0.2) is 42.5 Å².